The highest BCUT2D eigenvalue weighted by molar-refractivity contribution is 5.83. The van der Waals surface area contributed by atoms with Crippen molar-refractivity contribution in [2.24, 2.45) is 0 Å². The van der Waals surface area contributed by atoms with Crippen molar-refractivity contribution >= 4 is 10.8 Å². The zero-order valence-electron chi connectivity index (χ0n) is 19.4. The first-order chi connectivity index (χ1) is 16.7. The third kappa shape index (κ3) is 5.10. The number of hydrogen-bond donors (Lipinski definition) is 0. The minimum atomic E-state index is -0.248. The van der Waals surface area contributed by atoms with Crippen molar-refractivity contribution in [1.82, 2.24) is 14.7 Å². The molecule has 1 aromatic heterocycles. The van der Waals surface area contributed by atoms with Crippen LogP contribution in [0.4, 0.5) is 4.39 Å². The van der Waals surface area contributed by atoms with E-state index < -0.39 is 0 Å². The second-order valence-electron chi connectivity index (χ2n) is 9.21. The van der Waals surface area contributed by atoms with Crippen LogP contribution < -0.4 is 5.56 Å². The van der Waals surface area contributed by atoms with Gasteiger partial charge in [-0.05, 0) is 61.6 Å². The maximum atomic E-state index is 13.4. The lowest BCUT2D eigenvalue weighted by Gasteiger charge is -2.32. The van der Waals surface area contributed by atoms with Crippen LogP contribution in [0.15, 0.2) is 83.7 Å². The molecule has 5 rings (SSSR count). The first kappa shape index (κ1) is 22.5. The van der Waals surface area contributed by atoms with Gasteiger partial charge in [0.25, 0.3) is 5.56 Å². The zero-order valence-corrected chi connectivity index (χ0v) is 19.4. The lowest BCUT2D eigenvalue weighted by Crippen LogP contribution is -2.39. The molecule has 1 aliphatic rings. The summed E-state index contributed by atoms with van der Waals surface area (Å²) in [6.07, 6.45) is 4.66. The molecule has 4 aromatic rings. The maximum Gasteiger partial charge on any atom is 0.274 e. The molecule has 0 unspecified atom stereocenters. The van der Waals surface area contributed by atoms with Crippen LogP contribution in [0.2, 0.25) is 0 Å². The number of rotatable bonds is 7. The fourth-order valence-corrected chi connectivity index (χ4v) is 4.99. The van der Waals surface area contributed by atoms with Gasteiger partial charge in [-0.2, -0.15) is 5.10 Å². The van der Waals surface area contributed by atoms with Gasteiger partial charge in [0.05, 0.1) is 17.1 Å². The van der Waals surface area contributed by atoms with E-state index in [-0.39, 0.29) is 17.4 Å². The zero-order chi connectivity index (χ0) is 23.3. The second kappa shape index (κ2) is 10.3. The van der Waals surface area contributed by atoms with Gasteiger partial charge >= 0.3 is 0 Å². The monoisotopic (exact) mass is 455 g/mol. The van der Waals surface area contributed by atoms with Crippen molar-refractivity contribution < 1.29 is 4.39 Å². The Hall–Kier alpha value is -3.31. The molecular weight excluding hydrogens is 425 g/mol. The number of halogens is 1. The van der Waals surface area contributed by atoms with Gasteiger partial charge < -0.3 is 4.90 Å². The van der Waals surface area contributed by atoms with Crippen LogP contribution in [-0.2, 0) is 12.8 Å². The molecule has 1 saturated heterocycles. The molecule has 0 atom stereocenters. The Bertz CT molecular complexity index is 1290. The second-order valence-corrected chi connectivity index (χ2v) is 9.21. The van der Waals surface area contributed by atoms with E-state index in [9.17, 15) is 9.18 Å². The van der Waals surface area contributed by atoms with Gasteiger partial charge in [0.15, 0.2) is 0 Å². The van der Waals surface area contributed by atoms with E-state index in [2.05, 4.69) is 35.2 Å². The number of aryl methyl sites for hydroxylation is 1. The Morgan fingerprint density at radius 1 is 0.824 bits per heavy atom. The summed E-state index contributed by atoms with van der Waals surface area (Å²) in [5, 5.41) is 6.45. The molecule has 2 heterocycles. The highest BCUT2D eigenvalue weighted by Crippen LogP contribution is 2.24. The highest BCUT2D eigenvalue weighted by atomic mass is 19.1. The van der Waals surface area contributed by atoms with E-state index in [1.54, 1.807) is 16.8 Å². The minimum absolute atomic E-state index is 0.0130. The molecule has 34 heavy (non-hydrogen) atoms. The minimum Gasteiger partial charge on any atom is -0.303 e. The quantitative estimate of drug-likeness (QED) is 0.375. The average molecular weight is 456 g/mol. The van der Waals surface area contributed by atoms with Crippen molar-refractivity contribution in [3.8, 4) is 0 Å². The van der Waals surface area contributed by atoms with E-state index in [4.69, 9.17) is 5.10 Å². The number of nitrogens with zero attached hydrogens (tertiary/aromatic N) is 3. The number of benzene rings is 3. The topological polar surface area (TPSA) is 38.1 Å². The van der Waals surface area contributed by atoms with Gasteiger partial charge in [0, 0.05) is 24.9 Å². The van der Waals surface area contributed by atoms with Crippen molar-refractivity contribution in [3.05, 3.63) is 112 Å². The van der Waals surface area contributed by atoms with Crippen LogP contribution in [0.25, 0.3) is 10.8 Å². The summed E-state index contributed by atoms with van der Waals surface area (Å²) in [5.74, 6) is -0.248. The lowest BCUT2D eigenvalue weighted by atomic mass is 10.0. The predicted octanol–water partition coefficient (Wildman–Crippen LogP) is 5.40. The van der Waals surface area contributed by atoms with E-state index in [0.29, 0.717) is 11.8 Å². The standard InChI is InChI=1S/C29H30FN3O/c30-24-14-12-23(13-15-24)21-28-26-10-4-5-11-27(26)29(34)33(31-28)25-16-19-32(20-17-25)18-6-9-22-7-2-1-3-8-22/h1-5,7-8,10-15,25H,6,9,16-21H2. The van der Waals surface area contributed by atoms with Gasteiger partial charge in [-0.1, -0.05) is 60.7 Å². The Morgan fingerprint density at radius 3 is 2.24 bits per heavy atom. The molecule has 0 bridgehead atoms. The maximum absolute atomic E-state index is 13.4. The molecule has 0 N–H and O–H groups in total. The van der Waals surface area contributed by atoms with Crippen molar-refractivity contribution in [2.45, 2.75) is 38.1 Å². The third-order valence-electron chi connectivity index (χ3n) is 6.88. The molecule has 1 fully saturated rings. The van der Waals surface area contributed by atoms with Crippen molar-refractivity contribution in [3.63, 3.8) is 0 Å². The molecule has 174 valence electrons. The first-order valence-electron chi connectivity index (χ1n) is 12.2. The van der Waals surface area contributed by atoms with Gasteiger partial charge in [0.1, 0.15) is 5.82 Å². The van der Waals surface area contributed by atoms with E-state index in [1.807, 2.05) is 24.3 Å². The SMILES string of the molecule is O=c1c2ccccc2c(Cc2ccc(F)cc2)nn1C1CCN(CCCc2ccccc2)CC1. The summed E-state index contributed by atoms with van der Waals surface area (Å²) >= 11 is 0. The summed E-state index contributed by atoms with van der Waals surface area (Å²) in [7, 11) is 0. The summed E-state index contributed by atoms with van der Waals surface area (Å²) in [4.78, 5) is 15.8. The van der Waals surface area contributed by atoms with Crippen LogP contribution in [0.3, 0.4) is 0 Å². The van der Waals surface area contributed by atoms with Gasteiger partial charge in [-0.15, -0.1) is 0 Å². The third-order valence-corrected chi connectivity index (χ3v) is 6.88. The van der Waals surface area contributed by atoms with Crippen LogP contribution in [0.1, 0.15) is 42.1 Å². The molecule has 1 aliphatic heterocycles. The summed E-state index contributed by atoms with van der Waals surface area (Å²) < 4.78 is 15.1. The number of likely N-dealkylation sites (tertiary alicyclic amines) is 1. The number of piperidine rings is 1. The van der Waals surface area contributed by atoms with Crippen molar-refractivity contribution in [1.29, 1.82) is 0 Å². The number of aromatic nitrogens is 2. The Balaban J connectivity index is 1.30. The van der Waals surface area contributed by atoms with Gasteiger partial charge in [0.2, 0.25) is 0 Å². The fraction of sp³-hybridized carbons (Fsp3) is 0.310. The van der Waals surface area contributed by atoms with Crippen LogP contribution in [0, 0.1) is 5.82 Å². The summed E-state index contributed by atoms with van der Waals surface area (Å²) in [5.41, 5.74) is 3.23. The normalized spacial score (nSPS) is 15.1. The molecule has 0 aliphatic carbocycles. The molecule has 0 spiro atoms. The Morgan fingerprint density at radius 2 is 1.50 bits per heavy atom. The van der Waals surface area contributed by atoms with E-state index in [1.165, 1.54) is 17.7 Å². The molecule has 3 aromatic carbocycles. The largest absolute Gasteiger partial charge is 0.303 e. The Labute approximate surface area is 199 Å². The average Bonchev–Trinajstić information content (AvgIpc) is 2.88. The van der Waals surface area contributed by atoms with Crippen LogP contribution in [-0.4, -0.2) is 34.3 Å². The Kier molecular flexibility index (Phi) is 6.82. The molecule has 0 radical (unpaired) electrons. The highest BCUT2D eigenvalue weighted by Gasteiger charge is 2.23. The molecule has 5 heteroatoms. The summed E-state index contributed by atoms with van der Waals surface area (Å²) in [6.45, 7) is 3.04. The predicted molar refractivity (Wildman–Crippen MR) is 135 cm³/mol. The molecular formula is C29H30FN3O. The lowest BCUT2D eigenvalue weighted by molar-refractivity contribution is 0.175. The summed E-state index contributed by atoms with van der Waals surface area (Å²) in [6, 6.07) is 25.0. The van der Waals surface area contributed by atoms with Crippen LogP contribution >= 0.6 is 0 Å². The van der Waals surface area contributed by atoms with Crippen molar-refractivity contribution in [2.75, 3.05) is 19.6 Å². The van der Waals surface area contributed by atoms with E-state index in [0.717, 1.165) is 62.0 Å². The van der Waals surface area contributed by atoms with Gasteiger partial charge in [-0.3, -0.25) is 4.79 Å². The molecule has 0 amide bonds. The number of hydrogen-bond acceptors (Lipinski definition) is 3. The van der Waals surface area contributed by atoms with E-state index >= 15 is 0 Å². The van der Waals surface area contributed by atoms with Crippen LogP contribution in [0.5, 0.6) is 0 Å². The van der Waals surface area contributed by atoms with Gasteiger partial charge in [-0.25, -0.2) is 9.07 Å². The molecule has 0 saturated carbocycles. The smallest absolute Gasteiger partial charge is 0.274 e. The molecule has 4 nitrogen and oxygen atoms in total. The number of fused-ring (bicyclic) bond motifs is 1. The first-order valence-corrected chi connectivity index (χ1v) is 12.2. The fourth-order valence-electron chi connectivity index (χ4n) is 4.99.